The summed E-state index contributed by atoms with van der Waals surface area (Å²) in [5, 5.41) is 15.3. The van der Waals surface area contributed by atoms with Crippen LogP contribution >= 0.6 is 23.2 Å². The molecule has 46 heavy (non-hydrogen) atoms. The van der Waals surface area contributed by atoms with Crippen LogP contribution in [0.3, 0.4) is 0 Å². The van der Waals surface area contributed by atoms with Gasteiger partial charge in [-0.25, -0.2) is 9.18 Å². The number of benzene rings is 3. The Hall–Kier alpha value is -3.90. The Morgan fingerprint density at radius 1 is 1.17 bits per heavy atom. The van der Waals surface area contributed by atoms with Gasteiger partial charge in [0.25, 0.3) is 5.69 Å². The SMILES string of the molecule is COC(=O)c1ccc(C(=O)CC[C@H]2[C@@H](N)[C@H](c3cccc(Cl)c3F)[C@]3(C(=O)Nc4cc(Cl)ccc43)N2CC2CC2)c([N+](=O)[O-])c1C. The number of nitro benzene ring substituents is 1. The van der Waals surface area contributed by atoms with Crippen molar-refractivity contribution in [3.05, 3.63) is 102 Å². The van der Waals surface area contributed by atoms with Gasteiger partial charge < -0.3 is 15.8 Å². The average molecular weight is 670 g/mol. The molecule has 3 N–H and O–H groups in total. The van der Waals surface area contributed by atoms with E-state index < -0.39 is 51.7 Å². The van der Waals surface area contributed by atoms with Gasteiger partial charge in [0.2, 0.25) is 5.91 Å². The standard InChI is InChI=1S/C33H31Cl2FN4O6/c1-16-19(31(42)46-2)9-10-20(30(16)40(44)45)26(41)13-12-25-29(37)27(21-4-3-5-23(35)28(21)36)33(39(25)15-17-6-7-17)22-11-8-18(34)14-24(22)38-32(33)43/h3-5,8-11,14,17,25,27,29H,6-7,12-13,15,37H2,1-2H3,(H,38,43)/t25-,27-,29+,33+/m0/s1. The van der Waals surface area contributed by atoms with Gasteiger partial charge in [-0.05, 0) is 68.0 Å². The summed E-state index contributed by atoms with van der Waals surface area (Å²) in [4.78, 5) is 53.6. The molecule has 2 heterocycles. The number of anilines is 1. The lowest BCUT2D eigenvalue weighted by Crippen LogP contribution is -2.52. The van der Waals surface area contributed by atoms with E-state index in [1.54, 1.807) is 30.3 Å². The van der Waals surface area contributed by atoms with Crippen LogP contribution in [0.4, 0.5) is 15.8 Å². The fourth-order valence-electron chi connectivity index (χ4n) is 7.34. The smallest absolute Gasteiger partial charge is 0.338 e. The fourth-order valence-corrected chi connectivity index (χ4v) is 7.69. The van der Waals surface area contributed by atoms with E-state index in [0.29, 0.717) is 22.8 Å². The molecule has 240 valence electrons. The van der Waals surface area contributed by atoms with Crippen molar-refractivity contribution < 1.29 is 28.4 Å². The number of nitro groups is 1. The molecule has 6 rings (SSSR count). The topological polar surface area (TPSA) is 145 Å². The van der Waals surface area contributed by atoms with E-state index in [2.05, 4.69) is 5.32 Å². The molecule has 1 amide bonds. The van der Waals surface area contributed by atoms with Crippen LogP contribution in [0.15, 0.2) is 48.5 Å². The normalized spacial score (nSPS) is 23.8. The minimum absolute atomic E-state index is 0.0153. The van der Waals surface area contributed by atoms with Crippen molar-refractivity contribution in [2.24, 2.45) is 11.7 Å². The predicted octanol–water partition coefficient (Wildman–Crippen LogP) is 6.15. The molecule has 1 saturated heterocycles. The van der Waals surface area contributed by atoms with Gasteiger partial charge in [0, 0.05) is 52.8 Å². The molecule has 2 aliphatic heterocycles. The zero-order valence-electron chi connectivity index (χ0n) is 25.0. The summed E-state index contributed by atoms with van der Waals surface area (Å²) in [7, 11) is 1.16. The van der Waals surface area contributed by atoms with Crippen molar-refractivity contribution in [2.75, 3.05) is 19.0 Å². The first kappa shape index (κ1) is 32.1. The van der Waals surface area contributed by atoms with Gasteiger partial charge >= 0.3 is 5.97 Å². The van der Waals surface area contributed by atoms with Crippen LogP contribution < -0.4 is 11.1 Å². The number of carbonyl (C=O) groups excluding carboxylic acids is 3. The van der Waals surface area contributed by atoms with Crippen LogP contribution in [0.2, 0.25) is 10.0 Å². The van der Waals surface area contributed by atoms with Crippen molar-refractivity contribution in [3.8, 4) is 0 Å². The molecule has 0 radical (unpaired) electrons. The van der Waals surface area contributed by atoms with E-state index in [-0.39, 0.29) is 51.9 Å². The lowest BCUT2D eigenvalue weighted by Gasteiger charge is -2.40. The number of nitrogens with two attached hydrogens (primary N) is 1. The molecule has 0 aromatic heterocycles. The number of Topliss-reactive ketones (excluding diaryl/α,β-unsaturated/α-hetero) is 1. The number of halogens is 3. The number of fused-ring (bicyclic) bond motifs is 2. The maximum absolute atomic E-state index is 15.9. The van der Waals surface area contributed by atoms with Crippen LogP contribution in [0.5, 0.6) is 0 Å². The molecule has 13 heteroatoms. The first-order valence-electron chi connectivity index (χ1n) is 14.9. The minimum Gasteiger partial charge on any atom is -0.465 e. The number of rotatable bonds is 9. The molecule has 1 spiro atoms. The fraction of sp³-hybridized carbons (Fsp3) is 0.364. The Morgan fingerprint density at radius 3 is 2.57 bits per heavy atom. The number of likely N-dealkylation sites (tertiary alicyclic amines) is 1. The molecule has 3 aromatic carbocycles. The van der Waals surface area contributed by atoms with Gasteiger partial charge in [0.1, 0.15) is 11.4 Å². The Morgan fingerprint density at radius 2 is 1.89 bits per heavy atom. The van der Waals surface area contributed by atoms with Crippen molar-refractivity contribution in [3.63, 3.8) is 0 Å². The molecular formula is C33H31Cl2FN4O6. The van der Waals surface area contributed by atoms with Gasteiger partial charge in [-0.1, -0.05) is 41.4 Å². The van der Waals surface area contributed by atoms with E-state index in [1.165, 1.54) is 25.1 Å². The molecule has 3 aromatic rings. The Bertz CT molecular complexity index is 1800. The van der Waals surface area contributed by atoms with Crippen molar-refractivity contribution in [1.82, 2.24) is 4.90 Å². The van der Waals surface area contributed by atoms with Gasteiger partial charge in [0.15, 0.2) is 5.78 Å². The summed E-state index contributed by atoms with van der Waals surface area (Å²) in [5.41, 5.74) is 6.23. The lowest BCUT2D eigenvalue weighted by molar-refractivity contribution is -0.385. The van der Waals surface area contributed by atoms with Crippen LogP contribution in [-0.2, 0) is 15.1 Å². The molecule has 3 aliphatic rings. The summed E-state index contributed by atoms with van der Waals surface area (Å²) in [6, 6.07) is 10.8. The third-order valence-electron chi connectivity index (χ3n) is 9.57. The van der Waals surface area contributed by atoms with Crippen LogP contribution in [0.1, 0.15) is 69.0 Å². The second-order valence-electron chi connectivity index (χ2n) is 12.1. The van der Waals surface area contributed by atoms with Gasteiger partial charge in [-0.15, -0.1) is 0 Å². The number of amides is 1. The second kappa shape index (κ2) is 12.0. The van der Waals surface area contributed by atoms with E-state index in [1.807, 2.05) is 4.90 Å². The summed E-state index contributed by atoms with van der Waals surface area (Å²) in [5.74, 6) is -2.98. The number of carbonyl (C=O) groups is 3. The van der Waals surface area contributed by atoms with Gasteiger partial charge in [-0.3, -0.25) is 24.6 Å². The second-order valence-corrected chi connectivity index (χ2v) is 13.0. The first-order chi connectivity index (χ1) is 21.9. The number of hydrogen-bond donors (Lipinski definition) is 2. The largest absolute Gasteiger partial charge is 0.465 e. The zero-order valence-corrected chi connectivity index (χ0v) is 26.5. The van der Waals surface area contributed by atoms with Crippen molar-refractivity contribution in [2.45, 2.75) is 56.1 Å². The summed E-state index contributed by atoms with van der Waals surface area (Å²) in [6.45, 7) is 1.86. The van der Waals surface area contributed by atoms with E-state index in [4.69, 9.17) is 33.7 Å². The Labute approximate surface area is 274 Å². The van der Waals surface area contributed by atoms with E-state index in [9.17, 15) is 24.5 Å². The highest BCUT2D eigenvalue weighted by Crippen LogP contribution is 2.58. The van der Waals surface area contributed by atoms with Gasteiger partial charge in [0.05, 0.1) is 28.2 Å². The predicted molar refractivity (Wildman–Crippen MR) is 170 cm³/mol. The number of nitrogens with one attached hydrogen (secondary N) is 1. The number of ether oxygens (including phenoxy) is 1. The number of esters is 1. The summed E-state index contributed by atoms with van der Waals surface area (Å²) < 4.78 is 20.6. The quantitative estimate of drug-likeness (QED) is 0.120. The maximum atomic E-state index is 15.9. The highest BCUT2D eigenvalue weighted by atomic mass is 35.5. The van der Waals surface area contributed by atoms with Crippen LogP contribution in [-0.4, -0.2) is 53.2 Å². The van der Waals surface area contributed by atoms with Gasteiger partial charge in [-0.2, -0.15) is 0 Å². The molecular weight excluding hydrogens is 638 g/mol. The van der Waals surface area contributed by atoms with Crippen LogP contribution in [0, 0.1) is 28.8 Å². The molecule has 10 nitrogen and oxygen atoms in total. The first-order valence-corrected chi connectivity index (χ1v) is 15.6. The minimum atomic E-state index is -1.44. The Kier molecular flexibility index (Phi) is 8.39. The lowest BCUT2D eigenvalue weighted by atomic mass is 9.73. The number of nitrogens with zero attached hydrogens (tertiary/aromatic N) is 2. The molecule has 2 fully saturated rings. The summed E-state index contributed by atoms with van der Waals surface area (Å²) in [6.07, 6.45) is 1.85. The highest BCUT2D eigenvalue weighted by molar-refractivity contribution is 6.31. The molecule has 1 saturated carbocycles. The van der Waals surface area contributed by atoms with Crippen molar-refractivity contribution >= 4 is 52.2 Å². The Balaban J connectivity index is 1.44. The molecule has 4 atom stereocenters. The van der Waals surface area contributed by atoms with Crippen LogP contribution in [0.25, 0.3) is 0 Å². The molecule has 0 unspecified atom stereocenters. The van der Waals surface area contributed by atoms with Crippen molar-refractivity contribution in [1.29, 1.82) is 0 Å². The number of hydrogen-bond acceptors (Lipinski definition) is 8. The zero-order chi connectivity index (χ0) is 33.1. The average Bonchev–Trinajstić information content (AvgIpc) is 3.75. The monoisotopic (exact) mass is 668 g/mol. The van der Waals surface area contributed by atoms with E-state index >= 15 is 4.39 Å². The molecule has 0 bridgehead atoms. The molecule has 1 aliphatic carbocycles. The highest BCUT2D eigenvalue weighted by Gasteiger charge is 2.66. The third kappa shape index (κ3) is 5.06. The number of methoxy groups -OCH3 is 1. The summed E-state index contributed by atoms with van der Waals surface area (Å²) >= 11 is 12.5. The number of ketones is 1. The van der Waals surface area contributed by atoms with E-state index in [0.717, 1.165) is 20.0 Å². The third-order valence-corrected chi connectivity index (χ3v) is 10.1. The maximum Gasteiger partial charge on any atom is 0.338 e.